The lowest BCUT2D eigenvalue weighted by atomic mass is 10.1. The van der Waals surface area contributed by atoms with Gasteiger partial charge in [-0.1, -0.05) is 17.7 Å². The van der Waals surface area contributed by atoms with Crippen LogP contribution in [0.15, 0.2) is 47.4 Å². The summed E-state index contributed by atoms with van der Waals surface area (Å²) in [6.07, 6.45) is -0.720. The minimum Gasteiger partial charge on any atom is -0.481 e. The smallest absolute Gasteiger partial charge is 0.260 e. The second kappa shape index (κ2) is 9.21. The summed E-state index contributed by atoms with van der Waals surface area (Å²) < 4.78 is 32.6. The number of rotatable bonds is 8. The van der Waals surface area contributed by atoms with Crippen LogP contribution in [0.5, 0.6) is 5.75 Å². The lowest BCUT2D eigenvalue weighted by molar-refractivity contribution is -0.127. The predicted octanol–water partition coefficient (Wildman–Crippen LogP) is 2.82. The molecule has 0 aliphatic rings. The molecule has 2 aromatic rings. The number of hydrogen-bond acceptors (Lipinski definition) is 4. The minimum atomic E-state index is -3.62. The number of sulfonamides is 1. The molecule has 2 N–H and O–H groups in total. The number of hydrogen-bond donors (Lipinski definition) is 2. The van der Waals surface area contributed by atoms with Gasteiger partial charge in [0.05, 0.1) is 4.90 Å². The molecule has 0 bridgehead atoms. The summed E-state index contributed by atoms with van der Waals surface area (Å²) in [5.74, 6) is 0.188. The zero-order valence-electron chi connectivity index (χ0n) is 15.5. The SMILES string of the molecule is Cc1ccc(S(=O)(=O)NCCNC(=O)C(C)Oc2ccc(Cl)cc2)cc1C. The highest BCUT2D eigenvalue weighted by Gasteiger charge is 2.16. The monoisotopic (exact) mass is 410 g/mol. The van der Waals surface area contributed by atoms with Crippen molar-refractivity contribution in [3.8, 4) is 5.75 Å². The molecule has 2 aromatic carbocycles. The normalized spacial score (nSPS) is 12.4. The highest BCUT2D eigenvalue weighted by atomic mass is 35.5. The molecule has 6 nitrogen and oxygen atoms in total. The Labute approximate surface area is 164 Å². The molecule has 146 valence electrons. The molecule has 1 amide bonds. The quantitative estimate of drug-likeness (QED) is 0.655. The van der Waals surface area contributed by atoms with Crippen molar-refractivity contribution in [2.75, 3.05) is 13.1 Å². The second-order valence-electron chi connectivity index (χ2n) is 6.15. The Morgan fingerprint density at radius 1 is 1.07 bits per heavy atom. The highest BCUT2D eigenvalue weighted by Crippen LogP contribution is 2.17. The first-order valence-electron chi connectivity index (χ1n) is 8.46. The molecule has 0 fully saturated rings. The lowest BCUT2D eigenvalue weighted by Gasteiger charge is -2.15. The molecule has 0 aliphatic carbocycles. The minimum absolute atomic E-state index is 0.0780. The maximum Gasteiger partial charge on any atom is 0.260 e. The first-order chi connectivity index (χ1) is 12.7. The molecule has 0 aliphatic heterocycles. The van der Waals surface area contributed by atoms with E-state index in [1.54, 1.807) is 49.4 Å². The van der Waals surface area contributed by atoms with Gasteiger partial charge in [0.1, 0.15) is 5.75 Å². The Balaban J connectivity index is 1.80. The number of halogens is 1. The van der Waals surface area contributed by atoms with Crippen LogP contribution in [0.4, 0.5) is 0 Å². The van der Waals surface area contributed by atoms with Gasteiger partial charge in [-0.3, -0.25) is 4.79 Å². The number of ether oxygens (including phenoxy) is 1. The van der Waals surface area contributed by atoms with E-state index in [1.165, 1.54) is 0 Å². The number of aryl methyl sites for hydroxylation is 2. The van der Waals surface area contributed by atoms with Crippen LogP contribution in [0.3, 0.4) is 0 Å². The van der Waals surface area contributed by atoms with Crippen molar-refractivity contribution < 1.29 is 17.9 Å². The van der Waals surface area contributed by atoms with Gasteiger partial charge in [0.2, 0.25) is 10.0 Å². The van der Waals surface area contributed by atoms with Gasteiger partial charge >= 0.3 is 0 Å². The van der Waals surface area contributed by atoms with Crippen LogP contribution in [0.1, 0.15) is 18.1 Å². The van der Waals surface area contributed by atoms with Crippen molar-refractivity contribution in [2.24, 2.45) is 0 Å². The summed E-state index contributed by atoms with van der Waals surface area (Å²) in [6, 6.07) is 11.6. The maximum atomic E-state index is 12.3. The van der Waals surface area contributed by atoms with Gasteiger partial charge in [0.25, 0.3) is 5.91 Å². The van der Waals surface area contributed by atoms with Crippen molar-refractivity contribution in [3.63, 3.8) is 0 Å². The molecule has 8 heteroatoms. The van der Waals surface area contributed by atoms with Gasteiger partial charge in [0.15, 0.2) is 6.10 Å². The van der Waals surface area contributed by atoms with E-state index in [0.29, 0.717) is 10.8 Å². The van der Waals surface area contributed by atoms with Gasteiger partial charge in [-0.25, -0.2) is 13.1 Å². The summed E-state index contributed by atoms with van der Waals surface area (Å²) in [7, 11) is -3.62. The molecular formula is C19H23ClN2O4S. The Bertz CT molecular complexity index is 898. The predicted molar refractivity (Wildman–Crippen MR) is 106 cm³/mol. The Kier molecular flexibility index (Phi) is 7.24. The Hall–Kier alpha value is -2.09. The Morgan fingerprint density at radius 2 is 1.74 bits per heavy atom. The molecular weight excluding hydrogens is 388 g/mol. The molecule has 0 heterocycles. The fourth-order valence-corrected chi connectivity index (χ4v) is 3.49. The number of amides is 1. The fraction of sp³-hybridized carbons (Fsp3) is 0.316. The summed E-state index contributed by atoms with van der Waals surface area (Å²) in [5, 5.41) is 3.22. The third-order valence-electron chi connectivity index (χ3n) is 4.00. The number of carbonyl (C=O) groups excluding carboxylic acids is 1. The lowest BCUT2D eigenvalue weighted by Crippen LogP contribution is -2.40. The molecule has 1 atom stereocenters. The van der Waals surface area contributed by atoms with Crippen LogP contribution in [-0.2, 0) is 14.8 Å². The van der Waals surface area contributed by atoms with E-state index in [1.807, 2.05) is 13.8 Å². The molecule has 0 saturated heterocycles. The fourth-order valence-electron chi connectivity index (χ4n) is 2.25. The second-order valence-corrected chi connectivity index (χ2v) is 8.35. The van der Waals surface area contributed by atoms with Crippen LogP contribution in [0.2, 0.25) is 5.02 Å². The van der Waals surface area contributed by atoms with E-state index in [9.17, 15) is 13.2 Å². The summed E-state index contributed by atoms with van der Waals surface area (Å²) >= 11 is 5.80. The third-order valence-corrected chi connectivity index (χ3v) is 5.71. The summed E-state index contributed by atoms with van der Waals surface area (Å²) in [5.41, 5.74) is 1.93. The molecule has 0 saturated carbocycles. The van der Waals surface area contributed by atoms with E-state index >= 15 is 0 Å². The zero-order chi connectivity index (χ0) is 20.0. The largest absolute Gasteiger partial charge is 0.481 e. The van der Waals surface area contributed by atoms with E-state index in [4.69, 9.17) is 16.3 Å². The topological polar surface area (TPSA) is 84.5 Å². The Morgan fingerprint density at radius 3 is 2.37 bits per heavy atom. The van der Waals surface area contributed by atoms with Crippen molar-refractivity contribution in [1.29, 1.82) is 0 Å². The van der Waals surface area contributed by atoms with Gasteiger partial charge in [-0.05, 0) is 68.3 Å². The first kappa shape index (κ1) is 21.2. The average Bonchev–Trinajstić information content (AvgIpc) is 2.62. The van der Waals surface area contributed by atoms with Crippen molar-refractivity contribution in [2.45, 2.75) is 31.8 Å². The molecule has 2 rings (SSSR count). The van der Waals surface area contributed by atoms with E-state index in [2.05, 4.69) is 10.0 Å². The van der Waals surface area contributed by atoms with Crippen molar-refractivity contribution in [1.82, 2.24) is 10.0 Å². The van der Waals surface area contributed by atoms with Gasteiger partial charge in [-0.2, -0.15) is 0 Å². The van der Waals surface area contributed by atoms with Crippen LogP contribution >= 0.6 is 11.6 Å². The van der Waals surface area contributed by atoms with E-state index in [0.717, 1.165) is 11.1 Å². The molecule has 0 spiro atoms. The van der Waals surface area contributed by atoms with Crippen molar-refractivity contribution in [3.05, 3.63) is 58.6 Å². The third kappa shape index (κ3) is 6.23. The van der Waals surface area contributed by atoms with Crippen LogP contribution in [0.25, 0.3) is 0 Å². The maximum absolute atomic E-state index is 12.3. The van der Waals surface area contributed by atoms with Gasteiger partial charge < -0.3 is 10.1 Å². The standard InChI is InChI=1S/C19H23ClN2O4S/c1-13-4-9-18(12-14(13)2)27(24,25)22-11-10-21-19(23)15(3)26-17-7-5-16(20)6-8-17/h4-9,12,15,22H,10-11H2,1-3H3,(H,21,23). The number of benzene rings is 2. The van der Waals surface area contributed by atoms with Crippen LogP contribution in [-0.4, -0.2) is 33.5 Å². The highest BCUT2D eigenvalue weighted by molar-refractivity contribution is 7.89. The summed E-state index contributed by atoms with van der Waals surface area (Å²) in [6.45, 7) is 5.62. The molecule has 0 aromatic heterocycles. The zero-order valence-corrected chi connectivity index (χ0v) is 17.0. The van der Waals surface area contributed by atoms with Crippen LogP contribution < -0.4 is 14.8 Å². The number of carbonyl (C=O) groups is 1. The molecule has 0 radical (unpaired) electrons. The molecule has 1 unspecified atom stereocenters. The van der Waals surface area contributed by atoms with E-state index < -0.39 is 16.1 Å². The molecule has 27 heavy (non-hydrogen) atoms. The average molecular weight is 411 g/mol. The van der Waals surface area contributed by atoms with Crippen molar-refractivity contribution >= 4 is 27.5 Å². The van der Waals surface area contributed by atoms with E-state index in [-0.39, 0.29) is 23.9 Å². The van der Waals surface area contributed by atoms with Crippen LogP contribution in [0, 0.1) is 13.8 Å². The summed E-state index contributed by atoms with van der Waals surface area (Å²) in [4.78, 5) is 12.3. The number of nitrogens with one attached hydrogen (secondary N) is 2. The first-order valence-corrected chi connectivity index (χ1v) is 10.3. The van der Waals surface area contributed by atoms with Gasteiger partial charge in [-0.15, -0.1) is 0 Å². The van der Waals surface area contributed by atoms with Gasteiger partial charge in [0, 0.05) is 18.1 Å².